The normalized spacial score (nSPS) is 10.3. The van der Waals surface area contributed by atoms with Gasteiger partial charge in [-0.15, -0.1) is 10.2 Å². The molecule has 0 atom stereocenters. The second-order valence-electron chi connectivity index (χ2n) is 6.31. The van der Waals surface area contributed by atoms with E-state index < -0.39 is 0 Å². The van der Waals surface area contributed by atoms with Crippen LogP contribution >= 0.6 is 0 Å². The SMILES string of the molecule is CC(C)c1ccccc1Nc1ccc(C(=O)Nc2ccc(C#N)cc2)nn1. The van der Waals surface area contributed by atoms with Crippen molar-refractivity contribution in [2.24, 2.45) is 0 Å². The monoisotopic (exact) mass is 357 g/mol. The highest BCUT2D eigenvalue weighted by molar-refractivity contribution is 6.02. The van der Waals surface area contributed by atoms with E-state index >= 15 is 0 Å². The van der Waals surface area contributed by atoms with Gasteiger partial charge in [-0.3, -0.25) is 4.79 Å². The van der Waals surface area contributed by atoms with Gasteiger partial charge in [-0.2, -0.15) is 5.26 Å². The highest BCUT2D eigenvalue weighted by Gasteiger charge is 2.10. The molecule has 0 aliphatic heterocycles. The summed E-state index contributed by atoms with van der Waals surface area (Å²) in [7, 11) is 0. The van der Waals surface area contributed by atoms with Crippen LogP contribution < -0.4 is 10.6 Å². The minimum Gasteiger partial charge on any atom is -0.338 e. The molecule has 0 unspecified atom stereocenters. The fraction of sp³-hybridized carbons (Fsp3) is 0.143. The van der Waals surface area contributed by atoms with Crippen molar-refractivity contribution in [2.75, 3.05) is 10.6 Å². The van der Waals surface area contributed by atoms with Gasteiger partial charge in [0, 0.05) is 11.4 Å². The molecule has 3 aromatic rings. The summed E-state index contributed by atoms with van der Waals surface area (Å²) in [4.78, 5) is 12.3. The summed E-state index contributed by atoms with van der Waals surface area (Å²) in [5, 5.41) is 22.9. The lowest BCUT2D eigenvalue weighted by Gasteiger charge is -2.13. The fourth-order valence-corrected chi connectivity index (χ4v) is 2.60. The first-order valence-electron chi connectivity index (χ1n) is 8.58. The first-order valence-corrected chi connectivity index (χ1v) is 8.58. The largest absolute Gasteiger partial charge is 0.338 e. The molecule has 0 radical (unpaired) electrons. The molecular weight excluding hydrogens is 338 g/mol. The summed E-state index contributed by atoms with van der Waals surface area (Å²) in [6.07, 6.45) is 0. The molecule has 6 nitrogen and oxygen atoms in total. The van der Waals surface area contributed by atoms with Crippen molar-refractivity contribution in [1.29, 1.82) is 5.26 Å². The van der Waals surface area contributed by atoms with Gasteiger partial charge in [0.05, 0.1) is 11.6 Å². The molecule has 27 heavy (non-hydrogen) atoms. The number of hydrogen-bond acceptors (Lipinski definition) is 5. The van der Waals surface area contributed by atoms with Gasteiger partial charge < -0.3 is 10.6 Å². The molecule has 0 bridgehead atoms. The second kappa shape index (κ2) is 8.11. The van der Waals surface area contributed by atoms with Crippen molar-refractivity contribution in [2.45, 2.75) is 19.8 Å². The molecule has 3 rings (SSSR count). The summed E-state index contributed by atoms with van der Waals surface area (Å²) >= 11 is 0. The molecule has 0 saturated carbocycles. The van der Waals surface area contributed by atoms with Gasteiger partial charge in [-0.05, 0) is 53.9 Å². The molecule has 0 aliphatic carbocycles. The van der Waals surface area contributed by atoms with E-state index in [4.69, 9.17) is 5.26 Å². The van der Waals surface area contributed by atoms with Crippen molar-refractivity contribution in [3.8, 4) is 6.07 Å². The zero-order valence-electron chi connectivity index (χ0n) is 15.1. The third-order valence-corrected chi connectivity index (χ3v) is 4.01. The number of carbonyl (C=O) groups is 1. The third-order valence-electron chi connectivity index (χ3n) is 4.01. The number of para-hydroxylation sites is 1. The lowest BCUT2D eigenvalue weighted by atomic mass is 10.0. The highest BCUT2D eigenvalue weighted by Crippen LogP contribution is 2.26. The number of nitrogens with zero attached hydrogens (tertiary/aromatic N) is 3. The summed E-state index contributed by atoms with van der Waals surface area (Å²) < 4.78 is 0. The molecule has 0 saturated heterocycles. The summed E-state index contributed by atoms with van der Waals surface area (Å²) in [5.74, 6) is 0.582. The minimum atomic E-state index is -0.360. The highest BCUT2D eigenvalue weighted by atomic mass is 16.1. The molecule has 0 fully saturated rings. The fourth-order valence-electron chi connectivity index (χ4n) is 2.60. The zero-order chi connectivity index (χ0) is 19.2. The van der Waals surface area contributed by atoms with Crippen LogP contribution in [0.2, 0.25) is 0 Å². The van der Waals surface area contributed by atoms with Gasteiger partial charge in [0.2, 0.25) is 0 Å². The number of amides is 1. The maximum absolute atomic E-state index is 12.3. The third kappa shape index (κ3) is 4.47. The minimum absolute atomic E-state index is 0.210. The first-order chi connectivity index (χ1) is 13.1. The van der Waals surface area contributed by atoms with Gasteiger partial charge in [-0.1, -0.05) is 32.0 Å². The van der Waals surface area contributed by atoms with Crippen LogP contribution in [0.3, 0.4) is 0 Å². The van der Waals surface area contributed by atoms with Crippen LogP contribution in [-0.4, -0.2) is 16.1 Å². The Morgan fingerprint density at radius 2 is 1.74 bits per heavy atom. The van der Waals surface area contributed by atoms with Crippen LogP contribution in [0.15, 0.2) is 60.7 Å². The lowest BCUT2D eigenvalue weighted by Crippen LogP contribution is -2.14. The summed E-state index contributed by atoms with van der Waals surface area (Å²) in [5.41, 5.74) is 3.49. The van der Waals surface area contributed by atoms with Crippen LogP contribution in [0.25, 0.3) is 0 Å². The van der Waals surface area contributed by atoms with Gasteiger partial charge in [0.1, 0.15) is 0 Å². The molecule has 2 aromatic carbocycles. The first kappa shape index (κ1) is 18.1. The van der Waals surface area contributed by atoms with E-state index in [0.717, 1.165) is 5.69 Å². The Bertz CT molecular complexity index is 973. The van der Waals surface area contributed by atoms with Crippen molar-refractivity contribution >= 4 is 23.1 Å². The summed E-state index contributed by atoms with van der Waals surface area (Å²) in [6.45, 7) is 4.26. The average molecular weight is 357 g/mol. The van der Waals surface area contributed by atoms with E-state index in [-0.39, 0.29) is 11.6 Å². The van der Waals surface area contributed by atoms with Crippen LogP contribution in [0, 0.1) is 11.3 Å². The van der Waals surface area contributed by atoms with Crippen molar-refractivity contribution in [1.82, 2.24) is 10.2 Å². The number of carbonyl (C=O) groups excluding carboxylic acids is 1. The van der Waals surface area contributed by atoms with E-state index in [1.807, 2.05) is 24.3 Å². The maximum atomic E-state index is 12.3. The van der Waals surface area contributed by atoms with Crippen LogP contribution in [0.4, 0.5) is 17.2 Å². The van der Waals surface area contributed by atoms with Crippen molar-refractivity contribution < 1.29 is 4.79 Å². The van der Waals surface area contributed by atoms with Crippen molar-refractivity contribution in [3.05, 3.63) is 77.5 Å². The Labute approximate surface area is 157 Å². The van der Waals surface area contributed by atoms with Gasteiger partial charge in [0.25, 0.3) is 5.91 Å². The molecular formula is C21H19N5O. The Hall–Kier alpha value is -3.72. The van der Waals surface area contributed by atoms with Crippen molar-refractivity contribution in [3.63, 3.8) is 0 Å². The quantitative estimate of drug-likeness (QED) is 0.703. The standard InChI is InChI=1S/C21H19N5O/c1-14(2)17-5-3-4-6-18(17)24-20-12-11-19(25-26-20)21(27)23-16-9-7-15(13-22)8-10-16/h3-12,14H,1-2H3,(H,23,27)(H,24,26). The number of benzene rings is 2. The summed E-state index contributed by atoms with van der Waals surface area (Å²) in [6, 6.07) is 20.0. The Kier molecular flexibility index (Phi) is 5.43. The van der Waals surface area contributed by atoms with Crippen LogP contribution in [0.5, 0.6) is 0 Å². The van der Waals surface area contributed by atoms with E-state index in [1.54, 1.807) is 36.4 Å². The Morgan fingerprint density at radius 1 is 1.00 bits per heavy atom. The number of nitrogens with one attached hydrogen (secondary N) is 2. The van der Waals surface area contributed by atoms with E-state index in [1.165, 1.54) is 5.56 Å². The Morgan fingerprint density at radius 3 is 2.37 bits per heavy atom. The lowest BCUT2D eigenvalue weighted by molar-refractivity contribution is 0.102. The van der Waals surface area contributed by atoms with Gasteiger partial charge in [0.15, 0.2) is 11.5 Å². The predicted octanol–water partition coefficient (Wildman–Crippen LogP) is 4.47. The van der Waals surface area contributed by atoms with Crippen LogP contribution in [0.1, 0.15) is 41.4 Å². The maximum Gasteiger partial charge on any atom is 0.276 e. The number of rotatable bonds is 5. The molecule has 6 heteroatoms. The van der Waals surface area contributed by atoms with Gasteiger partial charge in [-0.25, -0.2) is 0 Å². The molecule has 1 aromatic heterocycles. The number of anilines is 3. The molecule has 0 spiro atoms. The number of hydrogen-bond donors (Lipinski definition) is 2. The molecule has 0 aliphatic rings. The topological polar surface area (TPSA) is 90.7 Å². The van der Waals surface area contributed by atoms with E-state index in [2.05, 4.69) is 40.7 Å². The second-order valence-corrected chi connectivity index (χ2v) is 6.31. The van der Waals surface area contributed by atoms with E-state index in [9.17, 15) is 4.79 Å². The predicted molar refractivity (Wildman–Crippen MR) is 105 cm³/mol. The molecule has 1 heterocycles. The smallest absolute Gasteiger partial charge is 0.276 e. The zero-order valence-corrected chi connectivity index (χ0v) is 15.1. The number of aromatic nitrogens is 2. The Balaban J connectivity index is 1.69. The van der Waals surface area contributed by atoms with Gasteiger partial charge >= 0.3 is 0 Å². The molecule has 2 N–H and O–H groups in total. The van der Waals surface area contributed by atoms with E-state index in [0.29, 0.717) is 23.0 Å². The van der Waals surface area contributed by atoms with Crippen LogP contribution in [-0.2, 0) is 0 Å². The number of nitriles is 1. The molecule has 1 amide bonds. The average Bonchev–Trinajstić information content (AvgIpc) is 2.69. The molecule has 134 valence electrons.